The Balaban J connectivity index is 1.63. The SMILES string of the molecule is C#CC(=O)N1CCN2C(=O)c3cc(F)c(-c4ccc(F)c5sc(N)c(C#N)c45)c(Cl)c3OCC[C@H]2C1. The summed E-state index contributed by atoms with van der Waals surface area (Å²) in [5.41, 5.74) is 5.91. The summed E-state index contributed by atoms with van der Waals surface area (Å²) in [6.07, 6.45) is 5.62. The number of carbonyl (C=O) groups is 2. The van der Waals surface area contributed by atoms with Gasteiger partial charge < -0.3 is 20.3 Å². The molecule has 7 nitrogen and oxygen atoms in total. The molecule has 2 aliphatic rings. The van der Waals surface area contributed by atoms with Gasteiger partial charge in [0.2, 0.25) is 0 Å². The van der Waals surface area contributed by atoms with Crippen molar-refractivity contribution in [2.45, 2.75) is 12.5 Å². The summed E-state index contributed by atoms with van der Waals surface area (Å²) in [5.74, 6) is -0.307. The molecule has 1 atom stereocenters. The number of amides is 2. The molecule has 3 aromatic rings. The number of thiophene rings is 1. The second-order valence-corrected chi connectivity index (χ2v) is 9.79. The fourth-order valence-electron chi connectivity index (χ4n) is 4.75. The monoisotopic (exact) mass is 526 g/mol. The Morgan fingerprint density at radius 2 is 2.06 bits per heavy atom. The molecule has 0 unspecified atom stereocenters. The van der Waals surface area contributed by atoms with E-state index in [0.29, 0.717) is 6.42 Å². The van der Waals surface area contributed by atoms with Crippen LogP contribution in [0.4, 0.5) is 13.8 Å². The van der Waals surface area contributed by atoms with Crippen LogP contribution in [0.15, 0.2) is 18.2 Å². The van der Waals surface area contributed by atoms with Gasteiger partial charge in [0.05, 0.1) is 33.5 Å². The van der Waals surface area contributed by atoms with Gasteiger partial charge in [0.15, 0.2) is 5.75 Å². The Hall–Kier alpha value is -3.86. The summed E-state index contributed by atoms with van der Waals surface area (Å²) in [7, 11) is 0. The number of terminal acetylenes is 1. The minimum absolute atomic E-state index is 0.00201. The van der Waals surface area contributed by atoms with Crippen LogP contribution in [0, 0.1) is 35.3 Å². The molecule has 0 bridgehead atoms. The number of fused-ring (bicyclic) bond motifs is 3. The first-order valence-electron chi connectivity index (χ1n) is 10.9. The van der Waals surface area contributed by atoms with E-state index in [1.807, 2.05) is 6.07 Å². The van der Waals surface area contributed by atoms with E-state index in [4.69, 9.17) is 28.5 Å². The highest BCUT2D eigenvalue weighted by molar-refractivity contribution is 7.23. The summed E-state index contributed by atoms with van der Waals surface area (Å²) in [6.45, 7) is 0.847. The molecule has 36 heavy (non-hydrogen) atoms. The Labute approximate surface area is 213 Å². The second-order valence-electron chi connectivity index (χ2n) is 8.36. The molecule has 1 saturated heterocycles. The number of nitrogens with zero attached hydrogens (tertiary/aromatic N) is 3. The minimum Gasteiger partial charge on any atom is -0.491 e. The molecule has 182 valence electrons. The summed E-state index contributed by atoms with van der Waals surface area (Å²) < 4.78 is 36.1. The van der Waals surface area contributed by atoms with Gasteiger partial charge in [0, 0.05) is 37.0 Å². The summed E-state index contributed by atoms with van der Waals surface area (Å²) in [5, 5.41) is 9.67. The Morgan fingerprint density at radius 1 is 1.28 bits per heavy atom. The van der Waals surface area contributed by atoms with Crippen molar-refractivity contribution in [3.8, 4) is 35.3 Å². The van der Waals surface area contributed by atoms with Crippen LogP contribution in [0.5, 0.6) is 5.75 Å². The van der Waals surface area contributed by atoms with E-state index in [1.54, 1.807) is 4.90 Å². The molecule has 2 N–H and O–H groups in total. The van der Waals surface area contributed by atoms with Gasteiger partial charge in [-0.25, -0.2) is 8.78 Å². The van der Waals surface area contributed by atoms with Gasteiger partial charge in [-0.3, -0.25) is 9.59 Å². The van der Waals surface area contributed by atoms with Gasteiger partial charge in [0.25, 0.3) is 11.8 Å². The van der Waals surface area contributed by atoms with Crippen molar-refractivity contribution in [1.82, 2.24) is 9.80 Å². The third-order valence-electron chi connectivity index (χ3n) is 6.45. The first kappa shape index (κ1) is 23.9. The number of hydrogen-bond donors (Lipinski definition) is 1. The molecule has 2 amide bonds. The number of anilines is 1. The molecule has 3 heterocycles. The largest absolute Gasteiger partial charge is 0.491 e. The normalized spacial score (nSPS) is 17.4. The first-order chi connectivity index (χ1) is 17.3. The maximum absolute atomic E-state index is 15.7. The number of rotatable bonds is 1. The number of benzene rings is 2. The highest BCUT2D eigenvalue weighted by atomic mass is 35.5. The summed E-state index contributed by atoms with van der Waals surface area (Å²) in [6, 6.07) is 5.10. The van der Waals surface area contributed by atoms with E-state index in [1.165, 1.54) is 11.0 Å². The van der Waals surface area contributed by atoms with E-state index in [-0.39, 0.29) is 80.4 Å². The second kappa shape index (κ2) is 8.98. The lowest BCUT2D eigenvalue weighted by molar-refractivity contribution is -0.127. The Morgan fingerprint density at radius 3 is 2.78 bits per heavy atom. The number of nitrogens with two attached hydrogens (primary N) is 1. The van der Waals surface area contributed by atoms with E-state index in [2.05, 4.69) is 5.92 Å². The lowest BCUT2D eigenvalue weighted by Crippen LogP contribution is -2.57. The van der Waals surface area contributed by atoms with Crippen molar-refractivity contribution in [3.05, 3.63) is 46.0 Å². The van der Waals surface area contributed by atoms with Crippen molar-refractivity contribution in [3.63, 3.8) is 0 Å². The van der Waals surface area contributed by atoms with Gasteiger partial charge in [-0.1, -0.05) is 17.7 Å². The van der Waals surface area contributed by atoms with Crippen LogP contribution in [0.3, 0.4) is 0 Å². The number of ether oxygens (including phenoxy) is 1. The number of nitrogen functional groups attached to an aromatic ring is 1. The zero-order chi connectivity index (χ0) is 25.7. The molecular weight excluding hydrogens is 510 g/mol. The standard InChI is InChI=1S/C25H17ClF2N4O3S/c1-2-18(33)31-6-7-32-12(11-31)5-8-35-22-14(25(32)34)9-17(28)20(21(22)26)13-3-4-16(27)23-19(13)15(10-29)24(30)36-23/h1,3-4,9,12H,5-8,11,30H2/t12-/m0/s1. The molecule has 0 saturated carbocycles. The molecule has 1 aromatic heterocycles. The number of carbonyl (C=O) groups excluding carboxylic acids is 2. The number of piperazine rings is 1. The zero-order valence-corrected chi connectivity index (χ0v) is 20.2. The Bertz CT molecular complexity index is 1540. The first-order valence-corrected chi connectivity index (χ1v) is 12.1. The van der Waals surface area contributed by atoms with Crippen molar-refractivity contribution in [2.75, 3.05) is 32.0 Å². The van der Waals surface area contributed by atoms with Crippen molar-refractivity contribution >= 4 is 49.8 Å². The van der Waals surface area contributed by atoms with Gasteiger partial charge in [-0.2, -0.15) is 5.26 Å². The number of hydrogen-bond acceptors (Lipinski definition) is 6. The predicted octanol–water partition coefficient (Wildman–Crippen LogP) is 4.02. The molecule has 0 aliphatic carbocycles. The molecule has 2 aliphatic heterocycles. The molecular formula is C25H17ClF2N4O3S. The van der Waals surface area contributed by atoms with Crippen LogP contribution in [-0.4, -0.2) is 53.9 Å². The van der Waals surface area contributed by atoms with Crippen molar-refractivity contribution in [2.24, 2.45) is 0 Å². The summed E-state index contributed by atoms with van der Waals surface area (Å²) in [4.78, 5) is 28.5. The number of nitriles is 1. The van der Waals surface area contributed by atoms with Crippen LogP contribution in [-0.2, 0) is 4.79 Å². The molecule has 2 aromatic carbocycles. The van der Waals surface area contributed by atoms with Crippen LogP contribution in [0.25, 0.3) is 21.2 Å². The van der Waals surface area contributed by atoms with Crippen LogP contribution in [0.2, 0.25) is 5.02 Å². The quantitative estimate of drug-likeness (QED) is 0.483. The van der Waals surface area contributed by atoms with Crippen molar-refractivity contribution in [1.29, 1.82) is 5.26 Å². The molecule has 1 fully saturated rings. The van der Waals surface area contributed by atoms with Crippen LogP contribution in [0.1, 0.15) is 22.3 Å². The van der Waals surface area contributed by atoms with Gasteiger partial charge in [0.1, 0.15) is 22.7 Å². The zero-order valence-electron chi connectivity index (χ0n) is 18.6. The maximum atomic E-state index is 15.7. The van der Waals surface area contributed by atoms with E-state index in [0.717, 1.165) is 23.5 Å². The van der Waals surface area contributed by atoms with E-state index >= 15 is 4.39 Å². The smallest absolute Gasteiger partial charge is 0.298 e. The predicted molar refractivity (Wildman–Crippen MR) is 132 cm³/mol. The molecule has 0 radical (unpaired) electrons. The summed E-state index contributed by atoms with van der Waals surface area (Å²) >= 11 is 7.53. The highest BCUT2D eigenvalue weighted by Crippen LogP contribution is 2.47. The van der Waals surface area contributed by atoms with E-state index in [9.17, 15) is 19.2 Å². The fraction of sp³-hybridized carbons (Fsp3) is 0.240. The minimum atomic E-state index is -0.837. The third-order valence-corrected chi connectivity index (χ3v) is 7.84. The average Bonchev–Trinajstić information content (AvgIpc) is 3.21. The molecule has 0 spiro atoms. The van der Waals surface area contributed by atoms with Crippen LogP contribution < -0.4 is 10.5 Å². The third kappa shape index (κ3) is 3.62. The maximum Gasteiger partial charge on any atom is 0.298 e. The lowest BCUT2D eigenvalue weighted by atomic mass is 9.95. The average molecular weight is 527 g/mol. The molecule has 5 rings (SSSR count). The lowest BCUT2D eigenvalue weighted by Gasteiger charge is -2.42. The van der Waals surface area contributed by atoms with Gasteiger partial charge in [-0.15, -0.1) is 17.8 Å². The van der Waals surface area contributed by atoms with Crippen molar-refractivity contribution < 1.29 is 23.1 Å². The van der Waals surface area contributed by atoms with Gasteiger partial charge in [-0.05, 0) is 23.6 Å². The van der Waals surface area contributed by atoms with Gasteiger partial charge >= 0.3 is 0 Å². The topological polar surface area (TPSA) is 99.7 Å². The van der Waals surface area contributed by atoms with Crippen LogP contribution >= 0.6 is 22.9 Å². The highest BCUT2D eigenvalue weighted by Gasteiger charge is 2.37. The Kier molecular flexibility index (Phi) is 5.95. The van der Waals surface area contributed by atoms with E-state index < -0.39 is 23.4 Å². The fourth-order valence-corrected chi connectivity index (χ4v) is 6.05. The number of halogens is 3. The molecule has 11 heteroatoms.